The van der Waals surface area contributed by atoms with Gasteiger partial charge in [0, 0.05) is 37.3 Å². The maximum Gasteiger partial charge on any atom is 0.191 e. The van der Waals surface area contributed by atoms with Crippen LogP contribution in [0.3, 0.4) is 0 Å². The van der Waals surface area contributed by atoms with Crippen LogP contribution in [0.4, 0.5) is 0 Å². The summed E-state index contributed by atoms with van der Waals surface area (Å²) in [6, 6.07) is 10.9. The van der Waals surface area contributed by atoms with Gasteiger partial charge in [0.1, 0.15) is 0 Å². The summed E-state index contributed by atoms with van der Waals surface area (Å²) >= 11 is 0. The summed E-state index contributed by atoms with van der Waals surface area (Å²) in [6.45, 7) is 9.38. The lowest BCUT2D eigenvalue weighted by Gasteiger charge is -2.32. The molecule has 1 aliphatic rings. The molecule has 27 heavy (non-hydrogen) atoms. The Morgan fingerprint density at radius 3 is 2.70 bits per heavy atom. The fourth-order valence-corrected chi connectivity index (χ4v) is 3.59. The Bertz CT molecular complexity index is 720. The molecule has 1 fully saturated rings. The van der Waals surface area contributed by atoms with Crippen molar-refractivity contribution >= 4 is 40.7 Å². The third-order valence-electron chi connectivity index (χ3n) is 4.96. The van der Waals surface area contributed by atoms with Crippen molar-refractivity contribution in [3.63, 3.8) is 0 Å². The van der Waals surface area contributed by atoms with Gasteiger partial charge in [-0.3, -0.25) is 4.98 Å². The molecule has 0 unspecified atom stereocenters. The van der Waals surface area contributed by atoms with Gasteiger partial charge in [0.15, 0.2) is 5.96 Å². The Morgan fingerprint density at radius 2 is 1.96 bits per heavy atom. The molecule has 5 nitrogen and oxygen atoms in total. The Morgan fingerprint density at radius 1 is 1.19 bits per heavy atom. The van der Waals surface area contributed by atoms with Crippen LogP contribution in [0.1, 0.15) is 38.8 Å². The number of hydrogen-bond donors (Lipinski definition) is 2. The van der Waals surface area contributed by atoms with E-state index in [1.165, 1.54) is 49.7 Å². The highest BCUT2D eigenvalue weighted by Crippen LogP contribution is 2.17. The SMILES string of the molecule is CCCN1CCC(NC(=NCc2nccc3ccccc23)NCC)CC1.I. The quantitative estimate of drug-likeness (QED) is 0.375. The molecule has 0 atom stereocenters. The molecule has 1 aliphatic heterocycles. The fraction of sp³-hybridized carbons (Fsp3) is 0.524. The summed E-state index contributed by atoms with van der Waals surface area (Å²) in [5.41, 5.74) is 1.03. The predicted octanol–water partition coefficient (Wildman–Crippen LogP) is 3.78. The maximum atomic E-state index is 4.80. The third kappa shape index (κ3) is 6.31. The van der Waals surface area contributed by atoms with E-state index in [4.69, 9.17) is 4.99 Å². The first-order valence-electron chi connectivity index (χ1n) is 9.90. The molecule has 2 heterocycles. The van der Waals surface area contributed by atoms with Crippen molar-refractivity contribution in [2.24, 2.45) is 4.99 Å². The summed E-state index contributed by atoms with van der Waals surface area (Å²) in [5, 5.41) is 9.40. The summed E-state index contributed by atoms with van der Waals surface area (Å²) in [5.74, 6) is 0.899. The minimum Gasteiger partial charge on any atom is -0.357 e. The standard InChI is InChI=1S/C21H31N5.HI/c1-3-13-26-14-10-18(11-15-26)25-21(22-4-2)24-16-20-19-8-6-5-7-17(19)9-12-23-20;/h5-9,12,18H,3-4,10-11,13-16H2,1-2H3,(H2,22,24,25);1H. The van der Waals surface area contributed by atoms with E-state index in [2.05, 4.69) is 64.7 Å². The molecule has 0 spiro atoms. The summed E-state index contributed by atoms with van der Waals surface area (Å²) < 4.78 is 0. The van der Waals surface area contributed by atoms with Crippen molar-refractivity contribution in [3.8, 4) is 0 Å². The van der Waals surface area contributed by atoms with E-state index in [1.54, 1.807) is 0 Å². The Hall–Kier alpha value is -1.41. The number of halogens is 1. The van der Waals surface area contributed by atoms with Gasteiger partial charge in [-0.25, -0.2) is 4.99 Å². The third-order valence-corrected chi connectivity index (χ3v) is 4.96. The second-order valence-corrected chi connectivity index (χ2v) is 6.93. The summed E-state index contributed by atoms with van der Waals surface area (Å²) in [7, 11) is 0. The van der Waals surface area contributed by atoms with Gasteiger partial charge in [0.2, 0.25) is 0 Å². The average Bonchev–Trinajstić information content (AvgIpc) is 2.68. The Balaban J connectivity index is 0.00000261. The van der Waals surface area contributed by atoms with Gasteiger partial charge in [-0.15, -0.1) is 24.0 Å². The largest absolute Gasteiger partial charge is 0.357 e. The smallest absolute Gasteiger partial charge is 0.191 e. The maximum absolute atomic E-state index is 4.80. The number of hydrogen-bond acceptors (Lipinski definition) is 3. The second kappa shape index (κ2) is 11.4. The van der Waals surface area contributed by atoms with E-state index in [-0.39, 0.29) is 24.0 Å². The molecule has 0 aliphatic carbocycles. The number of likely N-dealkylation sites (tertiary alicyclic amines) is 1. The highest BCUT2D eigenvalue weighted by molar-refractivity contribution is 14.0. The van der Waals surface area contributed by atoms with Crippen LogP contribution in [0.5, 0.6) is 0 Å². The first kappa shape index (κ1) is 21.9. The van der Waals surface area contributed by atoms with Gasteiger partial charge in [-0.1, -0.05) is 31.2 Å². The molecule has 2 N–H and O–H groups in total. The number of fused-ring (bicyclic) bond motifs is 1. The molecule has 0 bridgehead atoms. The van der Waals surface area contributed by atoms with Gasteiger partial charge in [0.05, 0.1) is 12.2 Å². The first-order valence-corrected chi connectivity index (χ1v) is 9.90. The van der Waals surface area contributed by atoms with E-state index in [0.29, 0.717) is 12.6 Å². The van der Waals surface area contributed by atoms with Gasteiger partial charge < -0.3 is 15.5 Å². The lowest BCUT2D eigenvalue weighted by Crippen LogP contribution is -2.48. The number of nitrogens with zero attached hydrogens (tertiary/aromatic N) is 3. The van der Waals surface area contributed by atoms with Crippen molar-refractivity contribution in [1.29, 1.82) is 0 Å². The van der Waals surface area contributed by atoms with Crippen LogP contribution in [-0.4, -0.2) is 48.1 Å². The molecule has 3 rings (SSSR count). The van der Waals surface area contributed by atoms with E-state index >= 15 is 0 Å². The Kier molecular flexibility index (Phi) is 9.27. The van der Waals surface area contributed by atoms with E-state index in [0.717, 1.165) is 18.2 Å². The normalized spacial score (nSPS) is 16.1. The van der Waals surface area contributed by atoms with Crippen molar-refractivity contribution < 1.29 is 0 Å². The number of piperidine rings is 1. The highest BCUT2D eigenvalue weighted by Gasteiger charge is 2.19. The zero-order valence-electron chi connectivity index (χ0n) is 16.4. The van der Waals surface area contributed by atoms with E-state index < -0.39 is 0 Å². The molecule has 148 valence electrons. The molecular weight excluding hydrogens is 449 g/mol. The minimum absolute atomic E-state index is 0. The van der Waals surface area contributed by atoms with Crippen molar-refractivity contribution in [3.05, 3.63) is 42.2 Å². The van der Waals surface area contributed by atoms with Crippen LogP contribution < -0.4 is 10.6 Å². The topological polar surface area (TPSA) is 52.5 Å². The predicted molar refractivity (Wildman–Crippen MR) is 125 cm³/mol. The van der Waals surface area contributed by atoms with Crippen molar-refractivity contribution in [2.75, 3.05) is 26.2 Å². The molecule has 1 aromatic carbocycles. The number of aromatic nitrogens is 1. The van der Waals surface area contributed by atoms with Crippen LogP contribution in [0, 0.1) is 0 Å². The van der Waals surface area contributed by atoms with E-state index in [9.17, 15) is 0 Å². The average molecular weight is 481 g/mol. The molecule has 6 heteroatoms. The summed E-state index contributed by atoms with van der Waals surface area (Å²) in [6.07, 6.45) is 5.46. The molecule has 1 saturated heterocycles. The van der Waals surface area contributed by atoms with E-state index in [1.807, 2.05) is 6.20 Å². The van der Waals surface area contributed by atoms with Crippen LogP contribution in [-0.2, 0) is 6.54 Å². The number of aliphatic imine (C=N–C) groups is 1. The molecule has 2 aromatic rings. The second-order valence-electron chi connectivity index (χ2n) is 6.93. The molecule has 0 radical (unpaired) electrons. The number of pyridine rings is 1. The zero-order valence-corrected chi connectivity index (χ0v) is 18.8. The van der Waals surface area contributed by atoms with Gasteiger partial charge >= 0.3 is 0 Å². The fourth-order valence-electron chi connectivity index (χ4n) is 3.59. The minimum atomic E-state index is 0. The number of guanidine groups is 1. The van der Waals surface area contributed by atoms with Crippen molar-refractivity contribution in [1.82, 2.24) is 20.5 Å². The number of benzene rings is 1. The van der Waals surface area contributed by atoms with Crippen molar-refractivity contribution in [2.45, 2.75) is 45.7 Å². The molecule has 0 amide bonds. The van der Waals surface area contributed by atoms with Gasteiger partial charge in [-0.2, -0.15) is 0 Å². The van der Waals surface area contributed by atoms with Crippen LogP contribution in [0.2, 0.25) is 0 Å². The molecule has 0 saturated carbocycles. The number of nitrogens with one attached hydrogen (secondary N) is 2. The lowest BCUT2D eigenvalue weighted by molar-refractivity contribution is 0.206. The Labute approximate surface area is 180 Å². The van der Waals surface area contributed by atoms with Crippen LogP contribution >= 0.6 is 24.0 Å². The van der Waals surface area contributed by atoms with Gasteiger partial charge in [0.25, 0.3) is 0 Å². The highest BCUT2D eigenvalue weighted by atomic mass is 127. The van der Waals surface area contributed by atoms with Crippen LogP contribution in [0.25, 0.3) is 10.8 Å². The molecular formula is C21H32IN5. The van der Waals surface area contributed by atoms with Gasteiger partial charge in [-0.05, 0) is 44.2 Å². The zero-order chi connectivity index (χ0) is 18.2. The van der Waals surface area contributed by atoms with Crippen LogP contribution in [0.15, 0.2) is 41.5 Å². The lowest BCUT2D eigenvalue weighted by atomic mass is 10.1. The number of rotatable bonds is 6. The molecule has 1 aromatic heterocycles. The monoisotopic (exact) mass is 481 g/mol. The summed E-state index contributed by atoms with van der Waals surface area (Å²) in [4.78, 5) is 11.9. The first-order chi connectivity index (χ1) is 12.8.